The highest BCUT2D eigenvalue weighted by Gasteiger charge is 2.23. The summed E-state index contributed by atoms with van der Waals surface area (Å²) in [5.74, 6) is 2.47. The Hall–Kier alpha value is -9.33. The lowest BCUT2D eigenvalue weighted by atomic mass is 10.0. The predicted octanol–water partition coefficient (Wildman–Crippen LogP) is 14.9. The van der Waals surface area contributed by atoms with E-state index in [1.165, 1.54) is 0 Å². The number of hydrogen-bond donors (Lipinski definition) is 0. The Morgan fingerprint density at radius 3 is 1.22 bits per heavy atom. The van der Waals surface area contributed by atoms with Crippen molar-refractivity contribution in [2.75, 3.05) is 0 Å². The molecule has 0 aliphatic rings. The van der Waals surface area contributed by atoms with Gasteiger partial charge in [-0.3, -0.25) is 4.57 Å². The zero-order valence-corrected chi connectivity index (χ0v) is 36.6. The first-order valence-corrected chi connectivity index (χ1v) is 22.8. The highest BCUT2D eigenvalue weighted by molar-refractivity contribution is 6.28. The van der Waals surface area contributed by atoms with Crippen LogP contribution >= 0.6 is 0 Å². The molecule has 0 radical (unpaired) electrons. The fourth-order valence-corrected chi connectivity index (χ4v) is 9.66. The second kappa shape index (κ2) is 16.3. The van der Waals surface area contributed by atoms with Crippen LogP contribution in [0.15, 0.2) is 237 Å². The molecule has 0 N–H and O–H groups in total. The first kappa shape index (κ1) is 39.1. The lowest BCUT2D eigenvalue weighted by Crippen LogP contribution is -2.06. The normalized spacial score (nSPS) is 11.5. The van der Waals surface area contributed by atoms with Gasteiger partial charge in [-0.05, 0) is 59.7 Å². The maximum absolute atomic E-state index is 5.25. The molecule has 0 saturated heterocycles. The average molecular weight is 870 g/mol. The van der Waals surface area contributed by atoms with Gasteiger partial charge in [-0.1, -0.05) is 188 Å². The molecule has 0 aliphatic carbocycles. The van der Waals surface area contributed by atoms with Crippen LogP contribution in [-0.2, 0) is 0 Å². The molecule has 13 aromatic rings. The van der Waals surface area contributed by atoms with Gasteiger partial charge in [0.1, 0.15) is 0 Å². The van der Waals surface area contributed by atoms with E-state index in [4.69, 9.17) is 24.9 Å². The Kier molecular flexibility index (Phi) is 9.35. The summed E-state index contributed by atoms with van der Waals surface area (Å²) < 4.78 is 4.58. The third kappa shape index (κ3) is 6.72. The molecule has 0 fully saturated rings. The Labute approximate surface area is 392 Å². The molecule has 9 aromatic carbocycles. The average Bonchev–Trinajstić information content (AvgIpc) is 3.95. The lowest BCUT2D eigenvalue weighted by Gasteiger charge is -2.13. The molecule has 0 bridgehead atoms. The zero-order valence-electron chi connectivity index (χ0n) is 36.6. The fraction of sp³-hybridized carbons (Fsp3) is 0. The van der Waals surface area contributed by atoms with Crippen molar-refractivity contribution in [2.45, 2.75) is 0 Å². The van der Waals surface area contributed by atoms with Gasteiger partial charge in [0.25, 0.3) is 0 Å². The highest BCUT2D eigenvalue weighted by Crippen LogP contribution is 2.43. The van der Waals surface area contributed by atoms with E-state index in [2.05, 4.69) is 161 Å². The number of rotatable bonds is 8. The molecule has 318 valence electrons. The Bertz CT molecular complexity index is 3950. The van der Waals surface area contributed by atoms with E-state index in [9.17, 15) is 0 Å². The maximum Gasteiger partial charge on any atom is 0.238 e. The van der Waals surface area contributed by atoms with Crippen molar-refractivity contribution in [3.63, 3.8) is 0 Å². The van der Waals surface area contributed by atoms with Crippen molar-refractivity contribution in [3.8, 4) is 79.4 Å². The predicted molar refractivity (Wildman–Crippen MR) is 277 cm³/mol. The Morgan fingerprint density at radius 1 is 0.250 bits per heavy atom. The molecular formula is C61H39N7. The van der Waals surface area contributed by atoms with Gasteiger partial charge in [-0.2, -0.15) is 9.97 Å². The number of fused-ring (bicyclic) bond motifs is 7. The SMILES string of the molecule is c1ccc(-c2cccc(-c3cc(-c4cccc(-n5c6ccccc6c6c7c8ccccc8n(-c8nc(-c9ccccc9)nc(-c9ccccc9)n8)c7ccc65)c4)nc(-c4ccccc4)n3)c2)cc1. The Morgan fingerprint density at radius 2 is 0.662 bits per heavy atom. The summed E-state index contributed by atoms with van der Waals surface area (Å²) in [5, 5.41) is 4.57. The quantitative estimate of drug-likeness (QED) is 0.152. The van der Waals surface area contributed by atoms with Crippen molar-refractivity contribution in [1.29, 1.82) is 0 Å². The largest absolute Gasteiger partial charge is 0.309 e. The third-order valence-corrected chi connectivity index (χ3v) is 12.8. The molecule has 0 unspecified atom stereocenters. The fourth-order valence-electron chi connectivity index (χ4n) is 9.66. The van der Waals surface area contributed by atoms with Crippen molar-refractivity contribution in [3.05, 3.63) is 237 Å². The summed E-state index contributed by atoms with van der Waals surface area (Å²) in [4.78, 5) is 25.8. The van der Waals surface area contributed by atoms with Crippen molar-refractivity contribution >= 4 is 43.6 Å². The van der Waals surface area contributed by atoms with Crippen molar-refractivity contribution < 1.29 is 0 Å². The first-order chi connectivity index (χ1) is 33.7. The number of benzene rings is 9. The highest BCUT2D eigenvalue weighted by atomic mass is 15.2. The van der Waals surface area contributed by atoms with Gasteiger partial charge < -0.3 is 4.57 Å². The molecule has 4 aromatic heterocycles. The van der Waals surface area contributed by atoms with Crippen LogP contribution in [0.3, 0.4) is 0 Å². The molecule has 7 nitrogen and oxygen atoms in total. The maximum atomic E-state index is 5.25. The van der Waals surface area contributed by atoms with Gasteiger partial charge in [-0.25, -0.2) is 15.0 Å². The molecule has 0 saturated carbocycles. The molecule has 0 spiro atoms. The minimum atomic E-state index is 0.561. The third-order valence-electron chi connectivity index (χ3n) is 12.8. The number of para-hydroxylation sites is 2. The summed E-state index contributed by atoms with van der Waals surface area (Å²) in [5.41, 5.74) is 14.1. The topological polar surface area (TPSA) is 74.3 Å². The van der Waals surface area contributed by atoms with E-state index >= 15 is 0 Å². The monoisotopic (exact) mass is 869 g/mol. The van der Waals surface area contributed by atoms with Gasteiger partial charge in [-0.15, -0.1) is 0 Å². The second-order valence-electron chi connectivity index (χ2n) is 16.9. The molecule has 0 atom stereocenters. The van der Waals surface area contributed by atoms with Crippen LogP contribution in [-0.4, -0.2) is 34.1 Å². The van der Waals surface area contributed by atoms with Crippen LogP contribution in [0.1, 0.15) is 0 Å². The minimum Gasteiger partial charge on any atom is -0.309 e. The van der Waals surface area contributed by atoms with Crippen LogP contribution in [0.2, 0.25) is 0 Å². The summed E-state index contributed by atoms with van der Waals surface area (Å²) in [7, 11) is 0. The molecular weight excluding hydrogens is 831 g/mol. The zero-order chi connectivity index (χ0) is 45.0. The minimum absolute atomic E-state index is 0.561. The van der Waals surface area contributed by atoms with Gasteiger partial charge in [0.05, 0.1) is 33.5 Å². The van der Waals surface area contributed by atoms with Crippen LogP contribution in [0, 0.1) is 0 Å². The van der Waals surface area contributed by atoms with Crippen LogP contribution in [0.25, 0.3) is 123 Å². The van der Waals surface area contributed by atoms with Gasteiger partial charge in [0.2, 0.25) is 5.95 Å². The summed E-state index contributed by atoms with van der Waals surface area (Å²) in [6.07, 6.45) is 0. The van der Waals surface area contributed by atoms with E-state index < -0.39 is 0 Å². The van der Waals surface area contributed by atoms with E-state index in [0.29, 0.717) is 23.4 Å². The number of hydrogen-bond acceptors (Lipinski definition) is 5. The molecule has 13 rings (SSSR count). The van der Waals surface area contributed by atoms with E-state index in [0.717, 1.165) is 99.6 Å². The summed E-state index contributed by atoms with van der Waals surface area (Å²) in [6, 6.07) is 82.1. The van der Waals surface area contributed by atoms with Crippen molar-refractivity contribution in [2.24, 2.45) is 0 Å². The number of nitrogens with zero attached hydrogens (tertiary/aromatic N) is 7. The molecule has 0 amide bonds. The van der Waals surface area contributed by atoms with E-state index in [1.54, 1.807) is 0 Å². The van der Waals surface area contributed by atoms with Crippen LogP contribution in [0.5, 0.6) is 0 Å². The smallest absolute Gasteiger partial charge is 0.238 e. The van der Waals surface area contributed by atoms with E-state index in [-0.39, 0.29) is 0 Å². The molecule has 68 heavy (non-hydrogen) atoms. The van der Waals surface area contributed by atoms with Crippen molar-refractivity contribution in [1.82, 2.24) is 34.1 Å². The van der Waals surface area contributed by atoms with Gasteiger partial charge in [0.15, 0.2) is 17.5 Å². The molecule has 0 aliphatic heterocycles. The second-order valence-corrected chi connectivity index (χ2v) is 16.9. The number of aromatic nitrogens is 7. The lowest BCUT2D eigenvalue weighted by molar-refractivity contribution is 0.953. The van der Waals surface area contributed by atoms with Crippen LogP contribution < -0.4 is 0 Å². The molecule has 4 heterocycles. The molecule has 7 heteroatoms. The Balaban J connectivity index is 1.00. The van der Waals surface area contributed by atoms with E-state index in [1.807, 2.05) is 84.9 Å². The first-order valence-electron chi connectivity index (χ1n) is 22.8. The van der Waals surface area contributed by atoms with Crippen LogP contribution in [0.4, 0.5) is 0 Å². The standard InChI is InChI=1S/C61H39N7/c1-5-19-40(20-6-1)44-27-17-28-45(37-44)50-39-51(63-58(62-50)41-21-7-2-8-22-41)46-29-18-30-47(38-46)67-52-33-15-13-31-48(52)56-54(67)35-36-55-57(56)49-32-14-16-34-53(49)68(55)61-65-59(42-23-9-3-10-24-42)64-60(66-61)43-25-11-4-12-26-43/h1-39H. The summed E-state index contributed by atoms with van der Waals surface area (Å²) in [6.45, 7) is 0. The van der Waals surface area contributed by atoms with Gasteiger partial charge >= 0.3 is 0 Å². The van der Waals surface area contributed by atoms with Gasteiger partial charge in [0, 0.05) is 55.0 Å². The summed E-state index contributed by atoms with van der Waals surface area (Å²) >= 11 is 0.